The van der Waals surface area contributed by atoms with Crippen molar-refractivity contribution >= 4 is 65.6 Å². The van der Waals surface area contributed by atoms with Gasteiger partial charge in [0.1, 0.15) is 29.0 Å². The average Bonchev–Trinajstić information content (AvgIpc) is 3.60. The molecule has 2 atom stereocenters. The van der Waals surface area contributed by atoms with E-state index in [0.717, 1.165) is 28.6 Å². The van der Waals surface area contributed by atoms with Crippen LogP contribution in [-0.4, -0.2) is 74.1 Å². The Balaban J connectivity index is 1.46. The molecule has 0 radical (unpaired) electrons. The fourth-order valence-corrected chi connectivity index (χ4v) is 10.9. The zero-order chi connectivity index (χ0) is 39.7. The van der Waals surface area contributed by atoms with E-state index in [4.69, 9.17) is 24.4 Å². The molecule has 0 aliphatic carbocycles. The van der Waals surface area contributed by atoms with Gasteiger partial charge in [0.05, 0.1) is 6.61 Å². The number of amides is 2. The molecule has 0 saturated heterocycles. The van der Waals surface area contributed by atoms with Crippen molar-refractivity contribution in [2.45, 2.75) is 71.2 Å². The number of ether oxygens (including phenoxy) is 3. The lowest BCUT2D eigenvalue weighted by molar-refractivity contribution is -0.163. The van der Waals surface area contributed by atoms with Gasteiger partial charge in [-0.1, -0.05) is 93.6 Å². The van der Waals surface area contributed by atoms with Gasteiger partial charge in [0.15, 0.2) is 6.04 Å². The third-order valence-corrected chi connectivity index (χ3v) is 13.8. The maximum atomic E-state index is 13.3. The molecule has 0 bridgehead atoms. The molecule has 0 aliphatic heterocycles. The number of benzene rings is 3. The highest BCUT2D eigenvalue weighted by Gasteiger charge is 2.50. The van der Waals surface area contributed by atoms with Crippen LogP contribution >= 0.6 is 11.3 Å². The van der Waals surface area contributed by atoms with Crippen LogP contribution in [0.5, 0.6) is 0 Å². The zero-order valence-electron chi connectivity index (χ0n) is 31.3. The number of nitrogens with two attached hydrogens (primary N) is 1. The van der Waals surface area contributed by atoms with E-state index in [0.29, 0.717) is 16.3 Å². The van der Waals surface area contributed by atoms with Crippen molar-refractivity contribution in [1.82, 2.24) is 10.3 Å². The van der Waals surface area contributed by atoms with Crippen molar-refractivity contribution in [3.8, 4) is 10.6 Å². The number of thiazole rings is 1. The van der Waals surface area contributed by atoms with E-state index in [1.54, 1.807) is 45.0 Å². The summed E-state index contributed by atoms with van der Waals surface area (Å²) in [5.74, 6) is -3.79. The first-order valence-electron chi connectivity index (χ1n) is 17.2. The van der Waals surface area contributed by atoms with E-state index < -0.39 is 67.6 Å². The lowest BCUT2D eigenvalue weighted by Gasteiger charge is -2.43. The molecule has 1 heterocycles. The summed E-state index contributed by atoms with van der Waals surface area (Å²) in [7, 11) is -3.06. The summed E-state index contributed by atoms with van der Waals surface area (Å²) in [6.45, 7) is 11.7. The van der Waals surface area contributed by atoms with Crippen LogP contribution in [0.25, 0.3) is 10.6 Å². The molecule has 0 spiro atoms. The Morgan fingerprint density at radius 1 is 0.833 bits per heavy atom. The van der Waals surface area contributed by atoms with E-state index >= 15 is 0 Å². The highest BCUT2D eigenvalue weighted by molar-refractivity contribution is 7.13. The number of anilines is 1. The monoisotopic (exact) mass is 774 g/mol. The standard InChI is InChI=1S/C39H46N4O9SSi/c1-25(44)49-23-31(42-33(45)32-24-53-34(43-32)26-15-14-16-27(21-26)41-37(48)52-38(2,3)4)36(47)51-35(46)30(40)22-50-54(39(5,6)7,28-17-10-8-11-18-28)29-19-12-9-13-20-29/h8-21,24,30-31H,22-23,40H2,1-7H3,(H,41,48)(H,42,45)/t30-,31-/m0/s1. The van der Waals surface area contributed by atoms with Gasteiger partial charge in [0, 0.05) is 23.6 Å². The van der Waals surface area contributed by atoms with Crippen molar-refractivity contribution in [2.75, 3.05) is 18.5 Å². The molecule has 2 amide bonds. The predicted octanol–water partition coefficient (Wildman–Crippen LogP) is 4.79. The van der Waals surface area contributed by atoms with E-state index in [2.05, 4.69) is 36.4 Å². The maximum Gasteiger partial charge on any atom is 0.412 e. The molecule has 4 aromatic rings. The molecular weight excluding hydrogens is 729 g/mol. The number of aromatic nitrogens is 1. The fraction of sp³-hybridized carbons (Fsp3) is 0.333. The SMILES string of the molecule is CC(=O)OC[C@H](NC(=O)c1csc(-c2cccc(NC(=O)OC(C)(C)C)c2)n1)C(=O)OC(=O)[C@@H](N)CO[Si](c1ccccc1)(c1ccccc1)C(C)(C)C. The second kappa shape index (κ2) is 17.7. The average molecular weight is 775 g/mol. The molecule has 0 saturated carbocycles. The zero-order valence-corrected chi connectivity index (χ0v) is 33.2. The number of nitrogens with zero attached hydrogens (tertiary/aromatic N) is 1. The number of nitrogens with one attached hydrogen (secondary N) is 2. The molecule has 1 aromatic heterocycles. The molecule has 13 nitrogen and oxygen atoms in total. The Kier molecular flexibility index (Phi) is 13.6. The molecule has 4 N–H and O–H groups in total. The fourth-order valence-electron chi connectivity index (χ4n) is 5.55. The summed E-state index contributed by atoms with van der Waals surface area (Å²) < 4.78 is 22.1. The maximum absolute atomic E-state index is 13.3. The van der Waals surface area contributed by atoms with Crippen molar-refractivity contribution < 1.29 is 42.6 Å². The summed E-state index contributed by atoms with van der Waals surface area (Å²) >= 11 is 1.14. The Morgan fingerprint density at radius 3 is 2.00 bits per heavy atom. The molecule has 15 heteroatoms. The molecule has 0 fully saturated rings. The third-order valence-electron chi connectivity index (χ3n) is 7.93. The largest absolute Gasteiger partial charge is 0.463 e. The van der Waals surface area contributed by atoms with Crippen LogP contribution < -0.4 is 26.7 Å². The molecule has 0 aliphatic rings. The molecule has 286 valence electrons. The molecular formula is C39H46N4O9SSi. The van der Waals surface area contributed by atoms with Crippen LogP contribution in [0.1, 0.15) is 59.0 Å². The molecule has 3 aromatic carbocycles. The van der Waals surface area contributed by atoms with Crippen LogP contribution in [0.15, 0.2) is 90.3 Å². The summed E-state index contributed by atoms with van der Waals surface area (Å²) in [6, 6.07) is 23.3. The van der Waals surface area contributed by atoms with Crippen molar-refractivity contribution in [1.29, 1.82) is 0 Å². The van der Waals surface area contributed by atoms with Gasteiger partial charge in [-0.2, -0.15) is 0 Å². The first-order valence-corrected chi connectivity index (χ1v) is 19.9. The lowest BCUT2D eigenvalue weighted by Crippen LogP contribution is -2.67. The van der Waals surface area contributed by atoms with Gasteiger partial charge < -0.3 is 29.7 Å². The minimum atomic E-state index is -3.06. The van der Waals surface area contributed by atoms with Crippen molar-refractivity contribution in [3.63, 3.8) is 0 Å². The van der Waals surface area contributed by atoms with E-state index in [-0.39, 0.29) is 12.3 Å². The Hall–Kier alpha value is -5.22. The van der Waals surface area contributed by atoms with Crippen LogP contribution in [0.2, 0.25) is 5.04 Å². The van der Waals surface area contributed by atoms with Gasteiger partial charge in [0.25, 0.3) is 14.2 Å². The van der Waals surface area contributed by atoms with Crippen LogP contribution in [-0.2, 0) is 33.0 Å². The minimum absolute atomic E-state index is 0.0529. The summed E-state index contributed by atoms with van der Waals surface area (Å²) in [6.07, 6.45) is -0.629. The van der Waals surface area contributed by atoms with Gasteiger partial charge in [-0.25, -0.2) is 19.4 Å². The third kappa shape index (κ3) is 10.9. The number of carbonyl (C=O) groups excluding carboxylic acids is 5. The number of rotatable bonds is 13. The lowest BCUT2D eigenvalue weighted by atomic mass is 10.2. The van der Waals surface area contributed by atoms with Gasteiger partial charge in [0.2, 0.25) is 0 Å². The smallest absolute Gasteiger partial charge is 0.412 e. The quantitative estimate of drug-likeness (QED) is 0.0734. The molecule has 0 unspecified atom stereocenters. The normalized spacial score (nSPS) is 12.9. The van der Waals surface area contributed by atoms with Gasteiger partial charge in [-0.15, -0.1) is 11.3 Å². The topological polar surface area (TPSA) is 185 Å². The van der Waals surface area contributed by atoms with E-state index in [9.17, 15) is 24.0 Å². The van der Waals surface area contributed by atoms with Crippen LogP contribution in [0.3, 0.4) is 0 Å². The second-order valence-corrected chi connectivity index (χ2v) is 19.6. The Bertz CT molecular complexity index is 1900. The summed E-state index contributed by atoms with van der Waals surface area (Å²) in [4.78, 5) is 68.0. The first-order chi connectivity index (χ1) is 25.4. The first kappa shape index (κ1) is 41.5. The van der Waals surface area contributed by atoms with Gasteiger partial charge in [-0.3, -0.25) is 14.9 Å². The van der Waals surface area contributed by atoms with Crippen LogP contribution in [0.4, 0.5) is 10.5 Å². The summed E-state index contributed by atoms with van der Waals surface area (Å²) in [5.41, 5.74) is 6.58. The van der Waals surface area contributed by atoms with Gasteiger partial charge >= 0.3 is 24.0 Å². The van der Waals surface area contributed by atoms with E-state index in [1.807, 2.05) is 60.7 Å². The minimum Gasteiger partial charge on any atom is -0.463 e. The number of esters is 3. The Morgan fingerprint density at radius 2 is 1.44 bits per heavy atom. The summed E-state index contributed by atoms with van der Waals surface area (Å²) in [5, 5.41) is 8.55. The molecule has 4 rings (SSSR count). The number of carbonyl (C=O) groups is 5. The highest BCUT2D eigenvalue weighted by Crippen LogP contribution is 2.36. The second-order valence-electron chi connectivity index (χ2n) is 14.4. The number of hydrogen-bond acceptors (Lipinski definition) is 12. The number of hydrogen-bond donors (Lipinski definition) is 3. The molecule has 54 heavy (non-hydrogen) atoms. The van der Waals surface area contributed by atoms with Crippen molar-refractivity contribution in [2.24, 2.45) is 5.73 Å². The highest BCUT2D eigenvalue weighted by atomic mass is 32.1. The van der Waals surface area contributed by atoms with Crippen LogP contribution in [0, 0.1) is 0 Å². The van der Waals surface area contributed by atoms with Crippen molar-refractivity contribution in [3.05, 3.63) is 96.0 Å². The van der Waals surface area contributed by atoms with Gasteiger partial charge in [-0.05, 0) is 48.3 Å². The van der Waals surface area contributed by atoms with E-state index in [1.165, 1.54) is 5.38 Å². The Labute approximate surface area is 319 Å². The predicted molar refractivity (Wildman–Crippen MR) is 208 cm³/mol.